The molecule has 1 aromatic carbocycles. The van der Waals surface area contributed by atoms with Crippen LogP contribution in [0.25, 0.3) is 0 Å². The van der Waals surface area contributed by atoms with Crippen LogP contribution in [0.4, 0.5) is 0 Å². The first-order valence-electron chi connectivity index (χ1n) is 9.21. The van der Waals surface area contributed by atoms with Crippen molar-refractivity contribution in [3.05, 3.63) is 63.6 Å². The normalized spacial score (nSPS) is 15.1. The molecule has 7 heteroatoms. The van der Waals surface area contributed by atoms with Crippen LogP contribution in [-0.2, 0) is 17.8 Å². The van der Waals surface area contributed by atoms with Crippen molar-refractivity contribution in [1.29, 1.82) is 0 Å². The number of ether oxygens (including phenoxy) is 1. The van der Waals surface area contributed by atoms with Crippen LogP contribution in [0.2, 0.25) is 0 Å². The van der Waals surface area contributed by atoms with Gasteiger partial charge in [-0.15, -0.1) is 0 Å². The molecule has 0 aliphatic carbocycles. The summed E-state index contributed by atoms with van der Waals surface area (Å²) in [6.45, 7) is 6.66. The maximum absolute atomic E-state index is 12.7. The number of amides is 1. The molecule has 1 saturated heterocycles. The molecule has 0 radical (unpaired) electrons. The Morgan fingerprint density at radius 2 is 1.93 bits per heavy atom. The molecule has 0 N–H and O–H groups in total. The van der Waals surface area contributed by atoms with E-state index in [-0.39, 0.29) is 11.5 Å². The largest absolute Gasteiger partial charge is 0.383 e. The number of benzene rings is 1. The zero-order chi connectivity index (χ0) is 19.2. The minimum absolute atomic E-state index is 0.128. The molecule has 1 amide bonds. The number of piperazine rings is 1. The van der Waals surface area contributed by atoms with Crippen molar-refractivity contribution in [2.45, 2.75) is 20.0 Å². The molecule has 1 fully saturated rings. The summed E-state index contributed by atoms with van der Waals surface area (Å²) in [6, 6.07) is 11.4. The first-order chi connectivity index (χ1) is 13.1. The van der Waals surface area contributed by atoms with Crippen molar-refractivity contribution in [2.24, 2.45) is 0 Å². The summed E-state index contributed by atoms with van der Waals surface area (Å²) in [5, 5.41) is 4.20. The lowest BCUT2D eigenvalue weighted by molar-refractivity contribution is 0.0619. The third-order valence-corrected chi connectivity index (χ3v) is 4.74. The summed E-state index contributed by atoms with van der Waals surface area (Å²) in [6.07, 6.45) is 0. The van der Waals surface area contributed by atoms with E-state index in [1.165, 1.54) is 27.9 Å². The monoisotopic (exact) mass is 370 g/mol. The molecule has 3 rings (SSSR count). The van der Waals surface area contributed by atoms with E-state index >= 15 is 0 Å². The van der Waals surface area contributed by atoms with Gasteiger partial charge in [0.25, 0.3) is 11.5 Å². The molecule has 7 nitrogen and oxygen atoms in total. The van der Waals surface area contributed by atoms with Gasteiger partial charge in [-0.2, -0.15) is 5.10 Å². The molecule has 1 aliphatic rings. The summed E-state index contributed by atoms with van der Waals surface area (Å²) >= 11 is 0. The van der Waals surface area contributed by atoms with E-state index in [2.05, 4.69) is 41.2 Å². The number of hydrogen-bond acceptors (Lipinski definition) is 5. The second kappa shape index (κ2) is 8.92. The van der Waals surface area contributed by atoms with Crippen LogP contribution in [0.1, 0.15) is 21.6 Å². The molecular weight excluding hydrogens is 344 g/mol. The van der Waals surface area contributed by atoms with Crippen LogP contribution >= 0.6 is 0 Å². The molecule has 0 unspecified atom stereocenters. The Morgan fingerprint density at radius 1 is 1.15 bits per heavy atom. The van der Waals surface area contributed by atoms with E-state index in [9.17, 15) is 9.59 Å². The molecule has 2 aromatic rings. The number of rotatable bonds is 6. The van der Waals surface area contributed by atoms with E-state index in [1.807, 2.05) is 0 Å². The van der Waals surface area contributed by atoms with Crippen LogP contribution in [0, 0.1) is 6.92 Å². The second-order valence-corrected chi connectivity index (χ2v) is 6.83. The molecule has 0 bridgehead atoms. The van der Waals surface area contributed by atoms with Gasteiger partial charge < -0.3 is 9.64 Å². The Morgan fingerprint density at radius 3 is 2.63 bits per heavy atom. The second-order valence-electron chi connectivity index (χ2n) is 6.83. The molecule has 0 atom stereocenters. The lowest BCUT2D eigenvalue weighted by Gasteiger charge is -2.34. The Hall–Kier alpha value is -2.51. The Bertz CT molecular complexity index is 841. The van der Waals surface area contributed by atoms with E-state index in [0.717, 1.165) is 19.6 Å². The highest BCUT2D eigenvalue weighted by molar-refractivity contribution is 5.92. The van der Waals surface area contributed by atoms with Crippen molar-refractivity contribution in [3.8, 4) is 0 Å². The molecule has 144 valence electrons. The summed E-state index contributed by atoms with van der Waals surface area (Å²) in [5.41, 5.74) is 2.63. The molecule has 1 aromatic heterocycles. The number of aromatic nitrogens is 2. The fourth-order valence-corrected chi connectivity index (χ4v) is 3.24. The highest BCUT2D eigenvalue weighted by Gasteiger charge is 2.23. The number of hydrogen-bond donors (Lipinski definition) is 0. The topological polar surface area (TPSA) is 67.7 Å². The summed E-state index contributed by atoms with van der Waals surface area (Å²) in [5.74, 6) is -0.128. The molecule has 27 heavy (non-hydrogen) atoms. The van der Waals surface area contributed by atoms with Gasteiger partial charge in [0.05, 0.1) is 13.2 Å². The van der Waals surface area contributed by atoms with Crippen LogP contribution in [0.15, 0.2) is 41.2 Å². The van der Waals surface area contributed by atoms with E-state index in [0.29, 0.717) is 31.9 Å². The quantitative estimate of drug-likeness (QED) is 0.763. The smallest absolute Gasteiger partial charge is 0.274 e. The summed E-state index contributed by atoms with van der Waals surface area (Å²) < 4.78 is 6.27. The van der Waals surface area contributed by atoms with E-state index < -0.39 is 0 Å². The zero-order valence-electron chi connectivity index (χ0n) is 15.9. The van der Waals surface area contributed by atoms with Crippen LogP contribution in [-0.4, -0.2) is 65.4 Å². The number of carbonyl (C=O) groups excluding carboxylic acids is 1. The SMILES string of the molecule is COCCn1nc(C(=O)N2CCN(Cc3cccc(C)c3)CC2)ccc1=O. The molecular formula is C20H26N4O3. The molecule has 2 heterocycles. The van der Waals surface area contributed by atoms with Crippen molar-refractivity contribution >= 4 is 5.91 Å². The number of nitrogens with zero attached hydrogens (tertiary/aromatic N) is 4. The van der Waals surface area contributed by atoms with Crippen molar-refractivity contribution in [2.75, 3.05) is 39.9 Å². The number of carbonyl (C=O) groups is 1. The average molecular weight is 370 g/mol. The lowest BCUT2D eigenvalue weighted by atomic mass is 10.1. The minimum Gasteiger partial charge on any atom is -0.383 e. The van der Waals surface area contributed by atoms with E-state index in [4.69, 9.17) is 4.74 Å². The first kappa shape index (κ1) is 19.3. The third-order valence-electron chi connectivity index (χ3n) is 4.74. The minimum atomic E-state index is -0.230. The standard InChI is InChI=1S/C20H26N4O3/c1-16-4-3-5-17(14-16)15-22-8-10-23(11-9-22)20(26)18-6-7-19(25)24(21-18)12-13-27-2/h3-7,14H,8-13,15H2,1-2H3. The number of methoxy groups -OCH3 is 1. The lowest BCUT2D eigenvalue weighted by Crippen LogP contribution is -2.48. The van der Waals surface area contributed by atoms with Crippen molar-refractivity contribution in [1.82, 2.24) is 19.6 Å². The Balaban J connectivity index is 1.59. The van der Waals surface area contributed by atoms with E-state index in [1.54, 1.807) is 12.0 Å². The van der Waals surface area contributed by atoms with Gasteiger partial charge in [0.2, 0.25) is 0 Å². The maximum atomic E-state index is 12.7. The predicted octanol–water partition coefficient (Wildman–Crippen LogP) is 1.16. The highest BCUT2D eigenvalue weighted by atomic mass is 16.5. The first-order valence-corrected chi connectivity index (χ1v) is 9.21. The van der Waals surface area contributed by atoms with Crippen molar-refractivity contribution in [3.63, 3.8) is 0 Å². The molecule has 0 spiro atoms. The van der Waals surface area contributed by atoms with Gasteiger partial charge in [0, 0.05) is 45.9 Å². The van der Waals surface area contributed by atoms with Crippen LogP contribution < -0.4 is 5.56 Å². The van der Waals surface area contributed by atoms with Crippen LogP contribution in [0.5, 0.6) is 0 Å². The van der Waals surface area contributed by atoms with Gasteiger partial charge in [0.15, 0.2) is 0 Å². The summed E-state index contributed by atoms with van der Waals surface area (Å²) in [4.78, 5) is 28.7. The molecule has 0 saturated carbocycles. The van der Waals surface area contributed by atoms with Gasteiger partial charge >= 0.3 is 0 Å². The fourth-order valence-electron chi connectivity index (χ4n) is 3.24. The maximum Gasteiger partial charge on any atom is 0.274 e. The van der Waals surface area contributed by atoms with Gasteiger partial charge in [-0.25, -0.2) is 4.68 Å². The Kier molecular flexibility index (Phi) is 6.36. The Labute approximate surface area is 159 Å². The van der Waals surface area contributed by atoms with Crippen LogP contribution in [0.3, 0.4) is 0 Å². The van der Waals surface area contributed by atoms with Gasteiger partial charge in [0.1, 0.15) is 5.69 Å². The van der Waals surface area contributed by atoms with Crippen molar-refractivity contribution < 1.29 is 9.53 Å². The van der Waals surface area contributed by atoms with Gasteiger partial charge in [-0.3, -0.25) is 14.5 Å². The number of aryl methyl sites for hydroxylation is 1. The predicted molar refractivity (Wildman–Crippen MR) is 103 cm³/mol. The highest BCUT2D eigenvalue weighted by Crippen LogP contribution is 2.11. The fraction of sp³-hybridized carbons (Fsp3) is 0.450. The third kappa shape index (κ3) is 5.02. The summed E-state index contributed by atoms with van der Waals surface area (Å²) in [7, 11) is 1.57. The average Bonchev–Trinajstić information content (AvgIpc) is 2.67. The zero-order valence-corrected chi connectivity index (χ0v) is 15.9. The van der Waals surface area contributed by atoms with Gasteiger partial charge in [-0.05, 0) is 18.6 Å². The molecule has 1 aliphatic heterocycles. The van der Waals surface area contributed by atoms with Gasteiger partial charge in [-0.1, -0.05) is 29.8 Å².